The Morgan fingerprint density at radius 1 is 1.04 bits per heavy atom. The van der Waals surface area contributed by atoms with Gasteiger partial charge in [-0.15, -0.1) is 0 Å². The van der Waals surface area contributed by atoms with Crippen LogP contribution in [0.25, 0.3) is 0 Å². The van der Waals surface area contributed by atoms with E-state index in [0.717, 1.165) is 18.5 Å². The van der Waals surface area contributed by atoms with Crippen LogP contribution in [-0.4, -0.2) is 36.3 Å². The fourth-order valence-electron chi connectivity index (χ4n) is 3.15. The minimum atomic E-state index is -0.442. The van der Waals surface area contributed by atoms with Crippen LogP contribution in [-0.2, 0) is 22.5 Å². The zero-order valence-electron chi connectivity index (χ0n) is 15.5. The Morgan fingerprint density at radius 3 is 2.41 bits per heavy atom. The van der Waals surface area contributed by atoms with Crippen LogP contribution in [0.1, 0.15) is 45.2 Å². The van der Waals surface area contributed by atoms with Gasteiger partial charge in [-0.1, -0.05) is 13.0 Å². The average molecular weight is 366 g/mol. The molecule has 0 radical (unpaired) electrons. The van der Waals surface area contributed by atoms with Crippen molar-refractivity contribution in [3.8, 4) is 0 Å². The molecule has 6 nitrogen and oxygen atoms in total. The first-order valence-electron chi connectivity index (χ1n) is 8.91. The zero-order valence-corrected chi connectivity index (χ0v) is 15.5. The summed E-state index contributed by atoms with van der Waals surface area (Å²) >= 11 is 0. The normalized spacial score (nSPS) is 12.9. The second-order valence-electron chi connectivity index (χ2n) is 6.43. The monoisotopic (exact) mass is 366 g/mol. The Labute approximate surface area is 158 Å². The SMILES string of the molecule is CCC(=O)N1CCc2ccc(NC(=O)c3ccc(C(=O)OC)cc3)cc2C1. The summed E-state index contributed by atoms with van der Waals surface area (Å²) in [6, 6.07) is 12.1. The molecule has 0 saturated carbocycles. The standard InChI is InChI=1S/C21H22N2O4/c1-3-19(24)23-11-10-14-8-9-18(12-17(14)13-23)22-20(25)15-4-6-16(7-5-15)21(26)27-2/h4-9,12H,3,10-11,13H2,1-2H3,(H,22,25). The van der Waals surface area contributed by atoms with Gasteiger partial charge in [0.05, 0.1) is 12.7 Å². The van der Waals surface area contributed by atoms with Gasteiger partial charge in [0.1, 0.15) is 0 Å². The highest BCUT2D eigenvalue weighted by Crippen LogP contribution is 2.23. The summed E-state index contributed by atoms with van der Waals surface area (Å²) in [6.07, 6.45) is 1.32. The third kappa shape index (κ3) is 4.16. The van der Waals surface area contributed by atoms with E-state index >= 15 is 0 Å². The molecule has 0 fully saturated rings. The number of nitrogens with zero attached hydrogens (tertiary/aromatic N) is 1. The lowest BCUT2D eigenvalue weighted by Crippen LogP contribution is -2.35. The van der Waals surface area contributed by atoms with E-state index in [1.807, 2.05) is 30.0 Å². The number of fused-ring (bicyclic) bond motifs is 1. The van der Waals surface area contributed by atoms with Crippen LogP contribution in [0, 0.1) is 0 Å². The Balaban J connectivity index is 1.72. The number of rotatable bonds is 4. The number of anilines is 1. The van der Waals surface area contributed by atoms with Crippen molar-refractivity contribution in [3.05, 3.63) is 64.7 Å². The van der Waals surface area contributed by atoms with Crippen LogP contribution in [0.4, 0.5) is 5.69 Å². The summed E-state index contributed by atoms with van der Waals surface area (Å²) in [5.74, 6) is -0.563. The molecule has 0 unspecified atom stereocenters. The Kier molecular flexibility index (Phi) is 5.54. The summed E-state index contributed by atoms with van der Waals surface area (Å²) in [6.45, 7) is 3.16. The van der Waals surface area contributed by atoms with Gasteiger partial charge in [0.2, 0.25) is 5.91 Å². The summed E-state index contributed by atoms with van der Waals surface area (Å²) in [5.41, 5.74) is 3.78. The van der Waals surface area contributed by atoms with Crippen LogP contribution in [0.5, 0.6) is 0 Å². The molecule has 1 N–H and O–H groups in total. The first-order valence-corrected chi connectivity index (χ1v) is 8.91. The maximum Gasteiger partial charge on any atom is 0.337 e. The van der Waals surface area contributed by atoms with Crippen molar-refractivity contribution in [3.63, 3.8) is 0 Å². The number of hydrogen-bond donors (Lipinski definition) is 1. The molecule has 0 atom stereocenters. The van der Waals surface area contributed by atoms with Crippen LogP contribution < -0.4 is 5.32 Å². The van der Waals surface area contributed by atoms with Crippen molar-refractivity contribution in [2.45, 2.75) is 26.3 Å². The number of methoxy groups -OCH3 is 1. The highest BCUT2D eigenvalue weighted by atomic mass is 16.5. The molecule has 1 aliphatic heterocycles. The molecule has 6 heteroatoms. The molecule has 1 aliphatic rings. The molecule has 2 aromatic carbocycles. The molecule has 0 spiro atoms. The molecular formula is C21H22N2O4. The van der Waals surface area contributed by atoms with Crippen LogP contribution in [0.15, 0.2) is 42.5 Å². The number of nitrogens with one attached hydrogen (secondary N) is 1. The largest absolute Gasteiger partial charge is 0.465 e. The second kappa shape index (κ2) is 8.03. The molecule has 2 aromatic rings. The lowest BCUT2D eigenvalue weighted by molar-refractivity contribution is -0.131. The van der Waals surface area contributed by atoms with Gasteiger partial charge in [0.25, 0.3) is 5.91 Å². The van der Waals surface area contributed by atoms with Gasteiger partial charge in [-0.2, -0.15) is 0 Å². The minimum Gasteiger partial charge on any atom is -0.465 e. The van der Waals surface area contributed by atoms with E-state index in [9.17, 15) is 14.4 Å². The van der Waals surface area contributed by atoms with Gasteiger partial charge in [-0.25, -0.2) is 4.79 Å². The van der Waals surface area contributed by atoms with Gasteiger partial charge in [-0.05, 0) is 53.9 Å². The van der Waals surface area contributed by atoms with E-state index in [0.29, 0.717) is 29.8 Å². The van der Waals surface area contributed by atoms with E-state index in [4.69, 9.17) is 0 Å². The Morgan fingerprint density at radius 2 is 1.74 bits per heavy atom. The third-order valence-electron chi connectivity index (χ3n) is 4.70. The van der Waals surface area contributed by atoms with Gasteiger partial charge in [0, 0.05) is 30.8 Å². The smallest absolute Gasteiger partial charge is 0.337 e. The van der Waals surface area contributed by atoms with Gasteiger partial charge < -0.3 is 15.0 Å². The summed E-state index contributed by atoms with van der Waals surface area (Å²) in [5, 5.41) is 2.87. The minimum absolute atomic E-state index is 0.140. The molecule has 0 saturated heterocycles. The maximum absolute atomic E-state index is 12.5. The molecule has 2 amide bonds. The molecular weight excluding hydrogens is 344 g/mol. The number of amides is 2. The summed E-state index contributed by atoms with van der Waals surface area (Å²) < 4.78 is 4.65. The number of esters is 1. The Bertz CT molecular complexity index is 874. The van der Waals surface area contributed by atoms with E-state index in [1.165, 1.54) is 12.7 Å². The highest BCUT2D eigenvalue weighted by Gasteiger charge is 2.20. The predicted octanol–water partition coefficient (Wildman–Crippen LogP) is 3.02. The fraction of sp³-hybridized carbons (Fsp3) is 0.286. The van der Waals surface area contributed by atoms with Crippen LogP contribution in [0.2, 0.25) is 0 Å². The summed E-state index contributed by atoms with van der Waals surface area (Å²) in [4.78, 5) is 37.7. The van der Waals surface area contributed by atoms with E-state index in [2.05, 4.69) is 10.1 Å². The van der Waals surface area contributed by atoms with E-state index in [-0.39, 0.29) is 11.8 Å². The quantitative estimate of drug-likeness (QED) is 0.844. The molecule has 140 valence electrons. The van der Waals surface area contributed by atoms with Crippen molar-refractivity contribution in [1.82, 2.24) is 4.90 Å². The third-order valence-corrected chi connectivity index (χ3v) is 4.70. The first kappa shape index (κ1) is 18.6. The number of hydrogen-bond acceptors (Lipinski definition) is 4. The van der Waals surface area contributed by atoms with Crippen LogP contribution >= 0.6 is 0 Å². The van der Waals surface area contributed by atoms with E-state index in [1.54, 1.807) is 24.3 Å². The molecule has 0 aliphatic carbocycles. The predicted molar refractivity (Wildman–Crippen MR) is 102 cm³/mol. The fourth-order valence-corrected chi connectivity index (χ4v) is 3.15. The van der Waals surface area contributed by atoms with Gasteiger partial charge in [0.15, 0.2) is 0 Å². The first-order chi connectivity index (χ1) is 13.0. The van der Waals surface area contributed by atoms with Crippen molar-refractivity contribution in [2.24, 2.45) is 0 Å². The van der Waals surface area contributed by atoms with Crippen LogP contribution in [0.3, 0.4) is 0 Å². The van der Waals surface area contributed by atoms with Gasteiger partial charge >= 0.3 is 5.97 Å². The van der Waals surface area contributed by atoms with Crippen molar-refractivity contribution >= 4 is 23.5 Å². The Hall–Kier alpha value is -3.15. The lowest BCUT2D eigenvalue weighted by atomic mass is 9.98. The molecule has 27 heavy (non-hydrogen) atoms. The average Bonchev–Trinajstić information content (AvgIpc) is 2.72. The maximum atomic E-state index is 12.5. The second-order valence-corrected chi connectivity index (χ2v) is 6.43. The van der Waals surface area contributed by atoms with Crippen molar-refractivity contribution in [2.75, 3.05) is 19.0 Å². The number of carbonyl (C=O) groups excluding carboxylic acids is 3. The number of ether oxygens (including phenoxy) is 1. The molecule has 1 heterocycles. The lowest BCUT2D eigenvalue weighted by Gasteiger charge is -2.29. The highest BCUT2D eigenvalue weighted by molar-refractivity contribution is 6.04. The zero-order chi connectivity index (χ0) is 19.4. The number of benzene rings is 2. The van der Waals surface area contributed by atoms with E-state index < -0.39 is 5.97 Å². The topological polar surface area (TPSA) is 75.7 Å². The number of carbonyl (C=O) groups is 3. The van der Waals surface area contributed by atoms with Gasteiger partial charge in [-0.3, -0.25) is 9.59 Å². The van der Waals surface area contributed by atoms with Crippen molar-refractivity contribution < 1.29 is 19.1 Å². The molecule has 0 aromatic heterocycles. The van der Waals surface area contributed by atoms with Crippen molar-refractivity contribution in [1.29, 1.82) is 0 Å². The molecule has 0 bridgehead atoms. The summed E-state index contributed by atoms with van der Waals surface area (Å²) in [7, 11) is 1.31. The molecule has 3 rings (SSSR count).